The summed E-state index contributed by atoms with van der Waals surface area (Å²) in [5, 5.41) is 0. The van der Waals surface area contributed by atoms with Gasteiger partial charge >= 0.3 is 5.97 Å². The van der Waals surface area contributed by atoms with Gasteiger partial charge in [-0.15, -0.1) is 0 Å². The van der Waals surface area contributed by atoms with Crippen LogP contribution in [-0.4, -0.2) is 20.2 Å². The predicted octanol–water partition coefficient (Wildman–Crippen LogP) is 3.94. The van der Waals surface area contributed by atoms with E-state index in [0.717, 1.165) is 29.8 Å². The van der Waals surface area contributed by atoms with E-state index in [0.29, 0.717) is 11.6 Å². The van der Waals surface area contributed by atoms with Crippen LogP contribution in [0, 0.1) is 0 Å². The Morgan fingerprint density at radius 3 is 2.38 bits per heavy atom. The zero-order valence-electron chi connectivity index (χ0n) is 14.3. The van der Waals surface area contributed by atoms with Crippen molar-refractivity contribution in [3.63, 3.8) is 0 Å². The zero-order chi connectivity index (χ0) is 16.9. The molecule has 1 heterocycles. The third-order valence-electron chi connectivity index (χ3n) is 4.76. The molecule has 0 atom stereocenters. The van der Waals surface area contributed by atoms with Crippen molar-refractivity contribution in [2.45, 2.75) is 38.1 Å². The summed E-state index contributed by atoms with van der Waals surface area (Å²) in [5.74, 6) is 0.504. The van der Waals surface area contributed by atoms with E-state index < -0.39 is 0 Å². The number of benzene rings is 1. The Bertz CT molecular complexity index is 703. The van der Waals surface area contributed by atoms with Crippen molar-refractivity contribution in [3.8, 4) is 17.0 Å². The number of carbonyl (C=O) groups is 1. The Morgan fingerprint density at radius 1 is 1.04 bits per heavy atom. The maximum atomic E-state index is 12.3. The molecule has 0 amide bonds. The first kappa shape index (κ1) is 16.5. The molecular formula is C20H24NO3+. The number of methoxy groups -OCH3 is 2. The zero-order valence-corrected chi connectivity index (χ0v) is 14.3. The topological polar surface area (TPSA) is 39.4 Å². The summed E-state index contributed by atoms with van der Waals surface area (Å²) in [6.45, 7) is 0. The largest absolute Gasteiger partial charge is 0.497 e. The number of hydrogen-bond acceptors (Lipinski definition) is 3. The molecule has 1 aliphatic rings. The average molecular weight is 326 g/mol. The third-order valence-corrected chi connectivity index (χ3v) is 4.76. The lowest BCUT2D eigenvalue weighted by Crippen LogP contribution is -2.43. The maximum absolute atomic E-state index is 12.3. The number of nitrogens with zero attached hydrogens (tertiary/aromatic N) is 1. The normalized spacial score (nSPS) is 15.1. The second kappa shape index (κ2) is 7.47. The standard InChI is InChI=1S/C20H24NO3/c1-23-17-12-10-15(11-13-17)19-18(20(22)24-2)9-6-14-21(19)16-7-4-3-5-8-16/h6,9-14,16H,3-5,7-8H2,1-2H3/q+1. The molecule has 1 saturated carbocycles. The lowest BCUT2D eigenvalue weighted by molar-refractivity contribution is -0.715. The number of hydrogen-bond donors (Lipinski definition) is 0. The van der Waals surface area contributed by atoms with Crippen molar-refractivity contribution in [2.24, 2.45) is 0 Å². The first-order valence-corrected chi connectivity index (χ1v) is 8.51. The van der Waals surface area contributed by atoms with Crippen LogP contribution < -0.4 is 9.30 Å². The summed E-state index contributed by atoms with van der Waals surface area (Å²) >= 11 is 0. The van der Waals surface area contributed by atoms with Crippen LogP contribution in [0.15, 0.2) is 42.6 Å². The lowest BCUT2D eigenvalue weighted by Gasteiger charge is -2.20. The molecule has 0 radical (unpaired) electrons. The minimum atomic E-state index is -0.300. The van der Waals surface area contributed by atoms with E-state index in [1.54, 1.807) is 7.11 Å². The molecule has 2 aromatic rings. The van der Waals surface area contributed by atoms with E-state index in [2.05, 4.69) is 10.8 Å². The van der Waals surface area contributed by atoms with Gasteiger partial charge in [0.05, 0.1) is 14.2 Å². The molecular weight excluding hydrogens is 302 g/mol. The highest BCUT2D eigenvalue weighted by Crippen LogP contribution is 2.29. The monoisotopic (exact) mass is 326 g/mol. The number of pyridine rings is 1. The van der Waals surface area contributed by atoms with Gasteiger partial charge in [0.15, 0.2) is 12.2 Å². The quantitative estimate of drug-likeness (QED) is 0.631. The number of esters is 1. The van der Waals surface area contributed by atoms with Crippen LogP contribution in [-0.2, 0) is 4.74 Å². The van der Waals surface area contributed by atoms with Gasteiger partial charge in [-0.1, -0.05) is 6.42 Å². The number of rotatable bonds is 4. The van der Waals surface area contributed by atoms with Crippen LogP contribution in [0.1, 0.15) is 48.5 Å². The van der Waals surface area contributed by atoms with Crippen molar-refractivity contribution in [2.75, 3.05) is 14.2 Å². The van der Waals surface area contributed by atoms with E-state index >= 15 is 0 Å². The minimum absolute atomic E-state index is 0.300. The summed E-state index contributed by atoms with van der Waals surface area (Å²) in [7, 11) is 3.08. The first-order chi connectivity index (χ1) is 11.7. The fraction of sp³-hybridized carbons (Fsp3) is 0.400. The molecule has 126 valence electrons. The lowest BCUT2D eigenvalue weighted by atomic mass is 9.93. The van der Waals surface area contributed by atoms with Crippen molar-refractivity contribution >= 4 is 5.97 Å². The van der Waals surface area contributed by atoms with Crippen LogP contribution in [0.2, 0.25) is 0 Å². The minimum Gasteiger partial charge on any atom is -0.497 e. The number of carbonyl (C=O) groups excluding carboxylic acids is 1. The Morgan fingerprint density at radius 2 is 1.75 bits per heavy atom. The van der Waals surface area contributed by atoms with Crippen molar-refractivity contribution in [1.82, 2.24) is 0 Å². The summed E-state index contributed by atoms with van der Waals surface area (Å²) in [6.07, 6.45) is 8.16. The second-order valence-electron chi connectivity index (χ2n) is 6.19. The van der Waals surface area contributed by atoms with Crippen LogP contribution in [0.4, 0.5) is 0 Å². The SMILES string of the molecule is COC(=O)c1ccc[n+](C2CCCCC2)c1-c1ccc(OC)cc1. The van der Waals surface area contributed by atoms with Crippen molar-refractivity contribution < 1.29 is 18.8 Å². The Balaban J connectivity index is 2.12. The van der Waals surface area contributed by atoms with Crippen molar-refractivity contribution in [1.29, 1.82) is 0 Å². The Hall–Kier alpha value is -2.36. The van der Waals surface area contributed by atoms with Gasteiger partial charge in [-0.3, -0.25) is 0 Å². The van der Waals surface area contributed by atoms with E-state index in [1.165, 1.54) is 26.4 Å². The van der Waals surface area contributed by atoms with E-state index in [-0.39, 0.29) is 5.97 Å². The molecule has 1 aromatic carbocycles. The van der Waals surface area contributed by atoms with E-state index in [1.807, 2.05) is 36.4 Å². The second-order valence-corrected chi connectivity index (χ2v) is 6.19. The molecule has 0 spiro atoms. The molecule has 24 heavy (non-hydrogen) atoms. The van der Waals surface area contributed by atoms with Gasteiger partial charge in [0.25, 0.3) is 0 Å². The molecule has 1 aromatic heterocycles. The molecule has 0 N–H and O–H groups in total. The highest BCUT2D eigenvalue weighted by Gasteiger charge is 2.30. The molecule has 4 heteroatoms. The summed E-state index contributed by atoms with van der Waals surface area (Å²) in [5.41, 5.74) is 2.54. The van der Waals surface area contributed by atoms with Gasteiger partial charge in [-0.05, 0) is 43.2 Å². The third kappa shape index (κ3) is 3.28. The molecule has 0 bridgehead atoms. The molecule has 0 saturated heterocycles. The number of ether oxygens (including phenoxy) is 2. The fourth-order valence-corrected chi connectivity index (χ4v) is 3.52. The van der Waals surface area contributed by atoms with Gasteiger partial charge in [-0.25, -0.2) is 4.79 Å². The predicted molar refractivity (Wildman–Crippen MR) is 92.1 cm³/mol. The van der Waals surface area contributed by atoms with Crippen LogP contribution in [0.3, 0.4) is 0 Å². The molecule has 0 aliphatic heterocycles. The fourth-order valence-electron chi connectivity index (χ4n) is 3.52. The van der Waals surface area contributed by atoms with Crippen molar-refractivity contribution in [3.05, 3.63) is 48.2 Å². The first-order valence-electron chi connectivity index (χ1n) is 8.51. The maximum Gasteiger partial charge on any atom is 0.344 e. The smallest absolute Gasteiger partial charge is 0.344 e. The average Bonchev–Trinajstić information content (AvgIpc) is 2.67. The Labute approximate surface area is 143 Å². The summed E-state index contributed by atoms with van der Waals surface area (Å²) in [6, 6.07) is 12.1. The summed E-state index contributed by atoms with van der Waals surface area (Å²) in [4.78, 5) is 12.3. The van der Waals surface area contributed by atoms with Gasteiger partial charge in [0, 0.05) is 24.5 Å². The van der Waals surface area contributed by atoms with E-state index in [9.17, 15) is 4.79 Å². The highest BCUT2D eigenvalue weighted by atomic mass is 16.5. The van der Waals surface area contributed by atoms with Gasteiger partial charge in [0.2, 0.25) is 5.69 Å². The molecule has 4 nitrogen and oxygen atoms in total. The molecule has 0 unspecified atom stereocenters. The number of aromatic nitrogens is 1. The molecule has 3 rings (SSSR count). The van der Waals surface area contributed by atoms with Crippen LogP contribution in [0.25, 0.3) is 11.3 Å². The Kier molecular flexibility index (Phi) is 5.14. The van der Waals surface area contributed by atoms with Gasteiger partial charge in [-0.2, -0.15) is 4.57 Å². The molecule has 1 aliphatic carbocycles. The van der Waals surface area contributed by atoms with Gasteiger partial charge in [0.1, 0.15) is 11.3 Å². The highest BCUT2D eigenvalue weighted by molar-refractivity contribution is 5.95. The van der Waals surface area contributed by atoms with E-state index in [4.69, 9.17) is 9.47 Å². The summed E-state index contributed by atoms with van der Waals surface area (Å²) < 4.78 is 12.5. The molecule has 1 fully saturated rings. The van der Waals surface area contributed by atoms with Crippen LogP contribution in [0.5, 0.6) is 5.75 Å². The van der Waals surface area contributed by atoms with Gasteiger partial charge < -0.3 is 9.47 Å². The van der Waals surface area contributed by atoms with Crippen LogP contribution >= 0.6 is 0 Å².